The van der Waals surface area contributed by atoms with Gasteiger partial charge in [0.1, 0.15) is 0 Å². The van der Waals surface area contributed by atoms with Crippen LogP contribution in [0.4, 0.5) is 0 Å². The molecule has 12 N–H and O–H groups in total. The Bertz CT molecular complexity index is 2150. The molecule has 3 amide bonds. The molecule has 0 atom stereocenters. The van der Waals surface area contributed by atoms with Gasteiger partial charge in [-0.1, -0.05) is 26.2 Å². The number of rotatable bonds is 39. The number of nitrogens with one attached hydrogen (secondary N) is 3. The van der Waals surface area contributed by atoms with Gasteiger partial charge in [0.25, 0.3) is 0 Å². The number of amides is 3. The lowest BCUT2D eigenvalue weighted by atomic mass is 9.76. The average Bonchev–Trinajstić information content (AvgIpc) is 1.11. The summed E-state index contributed by atoms with van der Waals surface area (Å²) >= 11 is 0. The Morgan fingerprint density at radius 2 is 0.347 bits per heavy atom. The predicted octanol–water partition coefficient (Wildman–Crippen LogP) is -4.72. The molecule has 0 aromatic rings. The number of carboxylic acids is 9. The first kappa shape index (κ1) is 85.4. The third-order valence-electron chi connectivity index (χ3n) is 17.7. The van der Waals surface area contributed by atoms with Gasteiger partial charge in [-0.2, -0.15) is 0 Å². The monoisotopic (exact) mass is 1400 g/mol. The molecule has 3 aliphatic heterocycles. The molecule has 3 fully saturated rings. The normalized spacial score (nSPS) is 18.8. The summed E-state index contributed by atoms with van der Waals surface area (Å²) in [5.74, 6) is -10.4. The van der Waals surface area contributed by atoms with Crippen molar-refractivity contribution in [1.29, 1.82) is 0 Å². The largest absolute Gasteiger partial charge is 0.480 e. The predicted molar refractivity (Wildman–Crippen MR) is 355 cm³/mol. The first-order valence-corrected chi connectivity index (χ1v) is 34.0. The molecule has 3 aliphatic rings. The van der Waals surface area contributed by atoms with E-state index in [1.54, 1.807) is 44.1 Å². The maximum Gasteiger partial charge on any atom is 0.317 e. The molecule has 36 heteroatoms. The molecule has 0 aliphatic carbocycles. The standard InChI is InChI=1S/C62H111N15O21/c1-62(8-2-5-11-63-50(78)38-66-14-20-69(41-53(81)82)26-32-75(47-59(93)94)33-27-70(21-15-66)42-54(83)84,9-3-6-12-64-51(79)39-67-16-22-71(43-55(85)86)28-34-76(48-60(95)96)35-29-72(23-17-67)44-56(87)88)10-4-7-13-65-52(80)40-68-18-24-73(45-57(89)90)30-36-77(49-61(97)98)37-31-74(25-19-68)46-58(91)92/h2-49H2,1H3,(H,63,78)(H,64,79)(H,65,80)(H,81,82)(H,83,84)(H,85,86)(H,87,88)(H,89,90)(H,91,92)(H,93,94)(H,95,96)(H,97,98). The summed E-state index contributed by atoms with van der Waals surface area (Å²) in [6, 6.07) is 0. The quantitative estimate of drug-likeness (QED) is 0.0257. The molecule has 0 spiro atoms. The van der Waals surface area contributed by atoms with E-state index in [0.717, 1.165) is 38.5 Å². The lowest BCUT2D eigenvalue weighted by Crippen LogP contribution is -2.49. The second kappa shape index (κ2) is 48.0. The van der Waals surface area contributed by atoms with E-state index in [-0.39, 0.29) is 259 Å². The van der Waals surface area contributed by atoms with Crippen molar-refractivity contribution in [3.8, 4) is 0 Å². The topological polar surface area (TPSA) is 462 Å². The van der Waals surface area contributed by atoms with Crippen LogP contribution in [0.25, 0.3) is 0 Å². The van der Waals surface area contributed by atoms with Gasteiger partial charge in [-0.3, -0.25) is 116 Å². The fraction of sp³-hybridized carbons (Fsp3) is 0.806. The van der Waals surface area contributed by atoms with Gasteiger partial charge < -0.3 is 61.9 Å². The minimum Gasteiger partial charge on any atom is -0.480 e. The van der Waals surface area contributed by atoms with E-state index < -0.39 is 53.7 Å². The highest BCUT2D eigenvalue weighted by atomic mass is 16.4. The number of hydrogen-bond acceptors (Lipinski definition) is 24. The highest BCUT2D eigenvalue weighted by Crippen LogP contribution is 2.36. The fourth-order valence-electron chi connectivity index (χ4n) is 12.2. The number of carbonyl (C=O) groups is 12. The van der Waals surface area contributed by atoms with Crippen LogP contribution >= 0.6 is 0 Å². The minimum atomic E-state index is -1.06. The van der Waals surface area contributed by atoms with Gasteiger partial charge >= 0.3 is 53.7 Å². The van der Waals surface area contributed by atoms with E-state index in [0.29, 0.717) is 38.9 Å². The summed E-state index contributed by atoms with van der Waals surface area (Å²) in [4.78, 5) is 167. The van der Waals surface area contributed by atoms with Crippen molar-refractivity contribution in [3.05, 3.63) is 0 Å². The molecule has 3 saturated heterocycles. The van der Waals surface area contributed by atoms with Gasteiger partial charge in [-0.15, -0.1) is 0 Å². The second-order valence-corrected chi connectivity index (χ2v) is 26.1. The zero-order valence-corrected chi connectivity index (χ0v) is 57.2. The van der Waals surface area contributed by atoms with Crippen molar-refractivity contribution in [3.63, 3.8) is 0 Å². The smallest absolute Gasteiger partial charge is 0.317 e. The van der Waals surface area contributed by atoms with E-state index in [1.807, 2.05) is 14.7 Å². The van der Waals surface area contributed by atoms with Crippen LogP contribution in [-0.4, -0.2) is 431 Å². The number of carboxylic acid groups (broad SMARTS) is 9. The van der Waals surface area contributed by atoms with Gasteiger partial charge in [0, 0.05) is 177 Å². The maximum atomic E-state index is 13.5. The van der Waals surface area contributed by atoms with Gasteiger partial charge in [0.15, 0.2) is 0 Å². The minimum absolute atomic E-state index is 0.0333. The second-order valence-electron chi connectivity index (χ2n) is 26.1. The zero-order chi connectivity index (χ0) is 72.4. The van der Waals surface area contributed by atoms with E-state index in [9.17, 15) is 103 Å². The Morgan fingerprint density at radius 1 is 0.224 bits per heavy atom. The lowest BCUT2D eigenvalue weighted by Gasteiger charge is -2.33. The van der Waals surface area contributed by atoms with Crippen molar-refractivity contribution in [2.75, 3.05) is 255 Å². The van der Waals surface area contributed by atoms with E-state index >= 15 is 0 Å². The molecule has 0 saturated carbocycles. The lowest BCUT2D eigenvalue weighted by molar-refractivity contribution is -0.140. The van der Waals surface area contributed by atoms with Crippen LogP contribution in [0.15, 0.2) is 0 Å². The summed E-state index contributed by atoms with van der Waals surface area (Å²) in [7, 11) is 0. The molecule has 0 bridgehead atoms. The van der Waals surface area contributed by atoms with Gasteiger partial charge in [-0.25, -0.2) is 0 Å². The van der Waals surface area contributed by atoms with E-state index in [2.05, 4.69) is 22.9 Å². The highest BCUT2D eigenvalue weighted by molar-refractivity contribution is 5.79. The molecule has 0 radical (unpaired) electrons. The van der Waals surface area contributed by atoms with Crippen LogP contribution in [0.1, 0.15) is 64.7 Å². The van der Waals surface area contributed by atoms with Gasteiger partial charge in [-0.05, 0) is 43.9 Å². The van der Waals surface area contributed by atoms with Crippen LogP contribution in [0.2, 0.25) is 0 Å². The molecule has 0 aromatic carbocycles. The molecule has 98 heavy (non-hydrogen) atoms. The van der Waals surface area contributed by atoms with Crippen LogP contribution in [0.3, 0.4) is 0 Å². The molecule has 3 rings (SSSR count). The van der Waals surface area contributed by atoms with Crippen LogP contribution < -0.4 is 16.0 Å². The Labute approximate surface area is 573 Å². The van der Waals surface area contributed by atoms with Crippen molar-refractivity contribution in [1.82, 2.24) is 74.7 Å². The van der Waals surface area contributed by atoms with Crippen molar-refractivity contribution in [2.45, 2.75) is 64.7 Å². The maximum absolute atomic E-state index is 13.5. The summed E-state index contributed by atoms with van der Waals surface area (Å²) in [6.07, 6.45) is 6.39. The van der Waals surface area contributed by atoms with Crippen LogP contribution in [-0.2, 0) is 57.5 Å². The first-order valence-electron chi connectivity index (χ1n) is 34.0. The number of aliphatic carboxylic acids is 9. The zero-order valence-electron chi connectivity index (χ0n) is 57.2. The summed E-state index contributed by atoms with van der Waals surface area (Å²) in [5, 5.41) is 95.4. The Kier molecular flexibility index (Phi) is 41.8. The Morgan fingerprint density at radius 3 is 0.469 bits per heavy atom. The number of hydrogen-bond donors (Lipinski definition) is 12. The Balaban J connectivity index is 1.70. The summed E-state index contributed by atoms with van der Waals surface area (Å²) in [6.45, 7) is 6.60. The third kappa shape index (κ3) is 42.2. The van der Waals surface area contributed by atoms with Crippen molar-refractivity contribution >= 4 is 71.4 Å². The van der Waals surface area contributed by atoms with Gasteiger partial charge in [0.2, 0.25) is 17.7 Å². The molecule has 560 valence electrons. The number of carbonyl (C=O) groups excluding carboxylic acids is 3. The Hall–Kier alpha value is -6.84. The molecule has 0 unspecified atom stereocenters. The SMILES string of the molecule is CC(CCCCNC(=O)CN1CCN(CC(=O)O)CCN(CC(=O)O)CCN(CC(=O)O)CC1)(CCCCNC(=O)CN1CCN(CC(=O)O)CCN(CC(=O)O)CCN(CC(=O)O)CC1)CCCCNC(=O)CN1CCN(CC(=O)O)CCN(CC(=O)O)CCN(CC(=O)O)CC1. The number of unbranched alkanes of at least 4 members (excludes halogenated alkanes) is 3. The molecular weight excluding hydrogens is 1290 g/mol. The molecule has 3 heterocycles. The molecule has 0 aromatic heterocycles. The van der Waals surface area contributed by atoms with Crippen LogP contribution in [0.5, 0.6) is 0 Å². The van der Waals surface area contributed by atoms with E-state index in [1.165, 1.54) is 0 Å². The third-order valence-corrected chi connectivity index (χ3v) is 17.7. The highest BCUT2D eigenvalue weighted by Gasteiger charge is 2.28. The summed E-state index contributed by atoms with van der Waals surface area (Å²) < 4.78 is 0. The molecular formula is C62H111N15O21. The van der Waals surface area contributed by atoms with Gasteiger partial charge in [0.05, 0.1) is 78.5 Å². The number of nitrogens with zero attached hydrogens (tertiary/aromatic N) is 12. The molecule has 36 nitrogen and oxygen atoms in total. The summed E-state index contributed by atoms with van der Waals surface area (Å²) in [5.41, 5.74) is -0.215. The fourth-order valence-corrected chi connectivity index (χ4v) is 12.2. The average molecular weight is 1400 g/mol. The van der Waals surface area contributed by atoms with Crippen molar-refractivity contribution in [2.24, 2.45) is 5.41 Å². The first-order chi connectivity index (χ1) is 46.5. The van der Waals surface area contributed by atoms with E-state index in [4.69, 9.17) is 0 Å². The van der Waals surface area contributed by atoms with Crippen LogP contribution in [0, 0.1) is 5.41 Å². The van der Waals surface area contributed by atoms with Crippen molar-refractivity contribution < 1.29 is 103 Å².